The minimum absolute atomic E-state index is 0.398. The number of fused-ring (bicyclic) bond motifs is 1. The van der Waals surface area contributed by atoms with Gasteiger partial charge < -0.3 is 24.1 Å². The molecule has 1 heterocycles. The predicted molar refractivity (Wildman–Crippen MR) is 158 cm³/mol. The lowest BCUT2D eigenvalue weighted by Gasteiger charge is -2.32. The molecule has 6 rings (SSSR count). The van der Waals surface area contributed by atoms with E-state index in [4.69, 9.17) is 18.9 Å². The number of benzene rings is 5. The number of hydrogen-bond acceptors (Lipinski definition) is 5. The Balaban J connectivity index is 1.21. The van der Waals surface area contributed by atoms with E-state index in [0.29, 0.717) is 43.5 Å². The standard InChI is InChI=1S/C36H32O5/c37-33-22-32-34(40-25-28-14-8-3-9-15-28)20-31(39-24-27-12-6-2-7-13-27)21-35(32)41-36(33)29-16-18-30(19-17-29)38-23-26-10-4-1-5-11-26/h1-21,33,36-37H,22-25H2/t33-,36-/m1/s1. The molecule has 0 unspecified atom stereocenters. The monoisotopic (exact) mass is 544 g/mol. The van der Waals surface area contributed by atoms with Crippen LogP contribution >= 0.6 is 0 Å². The Morgan fingerprint density at radius 1 is 0.585 bits per heavy atom. The molecule has 0 bridgehead atoms. The van der Waals surface area contributed by atoms with Crippen LogP contribution in [0.15, 0.2) is 127 Å². The van der Waals surface area contributed by atoms with Gasteiger partial charge in [0.2, 0.25) is 0 Å². The number of hydrogen-bond donors (Lipinski definition) is 1. The van der Waals surface area contributed by atoms with Crippen LogP contribution in [-0.2, 0) is 26.2 Å². The molecule has 0 radical (unpaired) electrons. The Labute approximate surface area is 240 Å². The second-order valence-corrected chi connectivity index (χ2v) is 10.1. The number of aliphatic hydroxyl groups is 1. The molecule has 5 aromatic rings. The first-order valence-corrected chi connectivity index (χ1v) is 13.8. The van der Waals surface area contributed by atoms with Crippen LogP contribution < -0.4 is 18.9 Å². The summed E-state index contributed by atoms with van der Waals surface area (Å²) in [5.74, 6) is 2.71. The number of ether oxygens (including phenoxy) is 4. The molecule has 0 aliphatic carbocycles. The predicted octanol–water partition coefficient (Wildman–Crippen LogP) is 7.46. The number of rotatable bonds is 10. The van der Waals surface area contributed by atoms with Crippen molar-refractivity contribution in [2.24, 2.45) is 0 Å². The van der Waals surface area contributed by atoms with Crippen LogP contribution in [0.2, 0.25) is 0 Å². The summed E-state index contributed by atoms with van der Waals surface area (Å²) in [5.41, 5.74) is 4.94. The topological polar surface area (TPSA) is 57.2 Å². The van der Waals surface area contributed by atoms with Gasteiger partial charge in [-0.2, -0.15) is 0 Å². The summed E-state index contributed by atoms with van der Waals surface area (Å²) < 4.78 is 24.8. The fourth-order valence-corrected chi connectivity index (χ4v) is 4.91. The van der Waals surface area contributed by atoms with Crippen molar-refractivity contribution in [2.45, 2.75) is 38.4 Å². The van der Waals surface area contributed by atoms with E-state index in [-0.39, 0.29) is 0 Å². The zero-order valence-corrected chi connectivity index (χ0v) is 22.7. The van der Waals surface area contributed by atoms with Gasteiger partial charge in [-0.05, 0) is 34.4 Å². The van der Waals surface area contributed by atoms with Crippen molar-refractivity contribution in [2.75, 3.05) is 0 Å². The average molecular weight is 545 g/mol. The highest BCUT2D eigenvalue weighted by molar-refractivity contribution is 5.53. The molecule has 5 nitrogen and oxygen atoms in total. The lowest BCUT2D eigenvalue weighted by molar-refractivity contribution is 0.0194. The van der Waals surface area contributed by atoms with E-state index in [1.54, 1.807) is 0 Å². The highest BCUT2D eigenvalue weighted by Crippen LogP contribution is 2.43. The van der Waals surface area contributed by atoms with Crippen molar-refractivity contribution in [1.29, 1.82) is 0 Å². The highest BCUT2D eigenvalue weighted by Gasteiger charge is 2.32. The van der Waals surface area contributed by atoms with Crippen molar-refractivity contribution >= 4 is 0 Å². The Kier molecular flexibility index (Phi) is 8.15. The zero-order valence-electron chi connectivity index (χ0n) is 22.7. The molecular weight excluding hydrogens is 512 g/mol. The normalized spacial score (nSPS) is 15.8. The fourth-order valence-electron chi connectivity index (χ4n) is 4.91. The Bertz CT molecular complexity index is 1540. The first-order valence-electron chi connectivity index (χ1n) is 13.8. The van der Waals surface area contributed by atoms with Gasteiger partial charge in [-0.25, -0.2) is 0 Å². The molecule has 1 aliphatic rings. The second-order valence-electron chi connectivity index (χ2n) is 10.1. The van der Waals surface area contributed by atoms with Crippen molar-refractivity contribution in [3.05, 3.63) is 155 Å². The smallest absolute Gasteiger partial charge is 0.150 e. The Hall–Kier alpha value is -4.74. The van der Waals surface area contributed by atoms with Gasteiger partial charge >= 0.3 is 0 Å². The molecule has 41 heavy (non-hydrogen) atoms. The van der Waals surface area contributed by atoms with Crippen LogP contribution in [0.25, 0.3) is 0 Å². The average Bonchev–Trinajstić information content (AvgIpc) is 3.03. The van der Waals surface area contributed by atoms with Crippen LogP contribution in [0.3, 0.4) is 0 Å². The first kappa shape index (κ1) is 26.5. The molecule has 0 saturated carbocycles. The first-order chi connectivity index (χ1) is 20.2. The van der Waals surface area contributed by atoms with Crippen molar-refractivity contribution < 1.29 is 24.1 Å². The molecule has 5 heteroatoms. The Morgan fingerprint density at radius 2 is 1.10 bits per heavy atom. The van der Waals surface area contributed by atoms with E-state index in [2.05, 4.69) is 0 Å². The van der Waals surface area contributed by atoms with Crippen molar-refractivity contribution in [3.63, 3.8) is 0 Å². The summed E-state index contributed by atoms with van der Waals surface area (Å²) in [4.78, 5) is 0. The van der Waals surface area contributed by atoms with E-state index in [1.807, 2.05) is 127 Å². The van der Waals surface area contributed by atoms with E-state index in [9.17, 15) is 5.11 Å². The van der Waals surface area contributed by atoms with Crippen LogP contribution in [0.5, 0.6) is 23.0 Å². The minimum atomic E-state index is -0.742. The van der Waals surface area contributed by atoms with Crippen LogP contribution in [0.4, 0.5) is 0 Å². The van der Waals surface area contributed by atoms with Gasteiger partial charge in [0, 0.05) is 24.1 Å². The van der Waals surface area contributed by atoms with E-state index in [1.165, 1.54) is 0 Å². The van der Waals surface area contributed by atoms with Crippen molar-refractivity contribution in [1.82, 2.24) is 0 Å². The largest absolute Gasteiger partial charge is 0.489 e. The van der Waals surface area contributed by atoms with E-state index >= 15 is 0 Å². The van der Waals surface area contributed by atoms with Gasteiger partial charge in [-0.15, -0.1) is 0 Å². The SMILES string of the molecule is O[C@@H]1Cc2c(OCc3ccccc3)cc(OCc3ccccc3)cc2O[C@@H]1c1ccc(OCc2ccccc2)cc1. The maximum Gasteiger partial charge on any atom is 0.150 e. The Morgan fingerprint density at radius 3 is 1.66 bits per heavy atom. The minimum Gasteiger partial charge on any atom is -0.489 e. The third kappa shape index (κ3) is 6.71. The molecule has 2 atom stereocenters. The van der Waals surface area contributed by atoms with Gasteiger partial charge in [0.05, 0.1) is 6.10 Å². The molecule has 1 aliphatic heterocycles. The summed E-state index contributed by atoms with van der Waals surface area (Å²) in [5, 5.41) is 11.2. The lowest BCUT2D eigenvalue weighted by Crippen LogP contribution is -2.30. The molecule has 0 aromatic heterocycles. The maximum absolute atomic E-state index is 11.2. The maximum atomic E-state index is 11.2. The van der Waals surface area contributed by atoms with E-state index in [0.717, 1.165) is 33.6 Å². The number of aliphatic hydroxyl groups excluding tert-OH is 1. The van der Waals surface area contributed by atoms with Gasteiger partial charge in [0.15, 0.2) is 0 Å². The van der Waals surface area contributed by atoms with Gasteiger partial charge in [0.25, 0.3) is 0 Å². The van der Waals surface area contributed by atoms with Gasteiger partial charge in [-0.1, -0.05) is 103 Å². The summed E-state index contributed by atoms with van der Waals surface area (Å²) in [6.07, 6.45) is -0.874. The zero-order chi connectivity index (χ0) is 27.9. The van der Waals surface area contributed by atoms with Gasteiger partial charge in [0.1, 0.15) is 48.9 Å². The lowest BCUT2D eigenvalue weighted by atomic mass is 9.94. The quantitative estimate of drug-likeness (QED) is 0.198. The molecular formula is C36H32O5. The molecule has 0 fully saturated rings. The molecule has 5 aromatic carbocycles. The van der Waals surface area contributed by atoms with E-state index < -0.39 is 12.2 Å². The van der Waals surface area contributed by atoms with Crippen LogP contribution in [0.1, 0.15) is 33.9 Å². The molecule has 0 saturated heterocycles. The second kappa shape index (κ2) is 12.6. The van der Waals surface area contributed by atoms with Crippen LogP contribution in [0, 0.1) is 0 Å². The summed E-state index contributed by atoms with van der Waals surface area (Å²) >= 11 is 0. The molecule has 206 valence electrons. The molecule has 0 spiro atoms. The fraction of sp³-hybridized carbons (Fsp3) is 0.167. The summed E-state index contributed by atoms with van der Waals surface area (Å²) in [6.45, 7) is 1.32. The summed E-state index contributed by atoms with van der Waals surface area (Å²) in [7, 11) is 0. The summed E-state index contributed by atoms with van der Waals surface area (Å²) in [6, 6.07) is 41.6. The highest BCUT2D eigenvalue weighted by atomic mass is 16.5. The van der Waals surface area contributed by atoms with Gasteiger partial charge in [-0.3, -0.25) is 0 Å². The molecule has 1 N–H and O–H groups in total. The third-order valence-corrected chi connectivity index (χ3v) is 7.10. The van der Waals surface area contributed by atoms with Crippen molar-refractivity contribution in [3.8, 4) is 23.0 Å². The third-order valence-electron chi connectivity index (χ3n) is 7.10. The molecule has 0 amide bonds. The van der Waals surface area contributed by atoms with Crippen LogP contribution in [-0.4, -0.2) is 11.2 Å².